The van der Waals surface area contributed by atoms with Gasteiger partial charge in [-0.3, -0.25) is 0 Å². The Hall–Kier alpha value is -2.08. The van der Waals surface area contributed by atoms with Crippen molar-refractivity contribution in [2.24, 2.45) is 0 Å². The van der Waals surface area contributed by atoms with Gasteiger partial charge in [0.05, 0.1) is 0 Å². The molecule has 0 bridgehead atoms. The molecule has 0 aromatic heterocycles. The molecule has 0 radical (unpaired) electrons. The van der Waals surface area contributed by atoms with Crippen LogP contribution in [0.5, 0.6) is 0 Å². The van der Waals surface area contributed by atoms with E-state index in [4.69, 9.17) is 0 Å². The molecule has 0 N–H and O–H groups in total. The van der Waals surface area contributed by atoms with Crippen molar-refractivity contribution in [1.82, 2.24) is 0 Å². The second-order valence-electron chi connectivity index (χ2n) is 4.39. The molecule has 2 aromatic rings. The lowest BCUT2D eigenvalue weighted by Gasteiger charge is -2.09. The van der Waals surface area contributed by atoms with Crippen molar-refractivity contribution in [1.29, 1.82) is 0 Å². The second-order valence-corrected chi connectivity index (χ2v) is 4.39. The summed E-state index contributed by atoms with van der Waals surface area (Å²) in [6, 6.07) is 20.9. The van der Waals surface area contributed by atoms with E-state index in [2.05, 4.69) is 68.1 Å². The van der Waals surface area contributed by atoms with Crippen LogP contribution in [0.2, 0.25) is 0 Å². The van der Waals surface area contributed by atoms with Crippen LogP contribution in [0.25, 0.3) is 5.57 Å². The maximum Gasteiger partial charge on any atom is -0.000124 e. The molecule has 90 valence electrons. The highest BCUT2D eigenvalue weighted by atomic mass is 14.1. The van der Waals surface area contributed by atoms with Crippen LogP contribution in [0.3, 0.4) is 0 Å². The molecule has 0 aliphatic carbocycles. The minimum atomic E-state index is 0.388. The molecule has 2 rings (SSSR count). The first-order valence-corrected chi connectivity index (χ1v) is 6.26. The Bertz CT molecular complexity index is 520. The summed E-state index contributed by atoms with van der Waals surface area (Å²) in [5.74, 6) is 0.388. The van der Waals surface area contributed by atoms with Gasteiger partial charge in [-0.15, -0.1) is 0 Å². The van der Waals surface area contributed by atoms with Gasteiger partial charge in [0.2, 0.25) is 0 Å². The first-order valence-electron chi connectivity index (χ1n) is 6.26. The zero-order chi connectivity index (χ0) is 12.8. The smallest absolute Gasteiger partial charge is 0.000124 e. The molecule has 18 heavy (non-hydrogen) atoms. The zero-order valence-electron chi connectivity index (χ0n) is 10.7. The number of hydrogen-bond donors (Lipinski definition) is 0. The predicted molar refractivity (Wildman–Crippen MR) is 79.5 cm³/mol. The summed E-state index contributed by atoms with van der Waals surface area (Å²) in [4.78, 5) is 0. The topological polar surface area (TPSA) is 0 Å². The zero-order valence-corrected chi connectivity index (χ0v) is 10.7. The Balaban J connectivity index is 2.28. The Morgan fingerprint density at radius 2 is 1.50 bits per heavy atom. The summed E-state index contributed by atoms with van der Waals surface area (Å²) in [6.07, 6.45) is 4.19. The summed E-state index contributed by atoms with van der Waals surface area (Å²) in [5.41, 5.74) is 3.73. The van der Waals surface area contributed by atoms with E-state index < -0.39 is 0 Å². The minimum absolute atomic E-state index is 0.388. The maximum absolute atomic E-state index is 3.92. The van der Waals surface area contributed by atoms with Gasteiger partial charge in [0.15, 0.2) is 0 Å². The highest BCUT2D eigenvalue weighted by Gasteiger charge is 2.03. The van der Waals surface area contributed by atoms with Gasteiger partial charge in [-0.25, -0.2) is 0 Å². The monoisotopic (exact) mass is 234 g/mol. The summed E-state index contributed by atoms with van der Waals surface area (Å²) in [5, 5.41) is 0. The first-order chi connectivity index (χ1) is 8.81. The van der Waals surface area contributed by atoms with E-state index in [1.54, 1.807) is 0 Å². The van der Waals surface area contributed by atoms with Crippen LogP contribution in [0.15, 0.2) is 79.4 Å². The van der Waals surface area contributed by atoms with Gasteiger partial charge in [-0.2, -0.15) is 0 Å². The van der Waals surface area contributed by atoms with E-state index in [1.165, 1.54) is 16.7 Å². The highest BCUT2D eigenvalue weighted by molar-refractivity contribution is 5.74. The third kappa shape index (κ3) is 2.98. The summed E-state index contributed by atoms with van der Waals surface area (Å²) < 4.78 is 0. The maximum atomic E-state index is 3.92. The van der Waals surface area contributed by atoms with Crippen LogP contribution < -0.4 is 0 Å². The molecule has 0 heterocycles. The number of hydrogen-bond acceptors (Lipinski definition) is 0. The van der Waals surface area contributed by atoms with Crippen molar-refractivity contribution in [2.75, 3.05) is 0 Å². The number of allylic oxidation sites excluding steroid dienone is 3. The molecule has 0 aliphatic heterocycles. The summed E-state index contributed by atoms with van der Waals surface area (Å²) in [7, 11) is 0. The van der Waals surface area contributed by atoms with Gasteiger partial charge in [0, 0.05) is 0 Å². The molecule has 0 fully saturated rings. The van der Waals surface area contributed by atoms with E-state index in [0.717, 1.165) is 0 Å². The minimum Gasteiger partial charge on any atom is -0.0985 e. The third-order valence-electron chi connectivity index (χ3n) is 3.08. The molecule has 0 nitrogen and oxygen atoms in total. The van der Waals surface area contributed by atoms with Crippen LogP contribution in [0, 0.1) is 0 Å². The first kappa shape index (κ1) is 12.4. The molecule has 2 aromatic carbocycles. The van der Waals surface area contributed by atoms with Crippen LogP contribution in [0.1, 0.15) is 24.0 Å². The summed E-state index contributed by atoms with van der Waals surface area (Å²) >= 11 is 0. The normalized spacial score (nSPS) is 13.1. The fourth-order valence-electron chi connectivity index (χ4n) is 2.03. The quantitative estimate of drug-likeness (QED) is 0.649. The van der Waals surface area contributed by atoms with Crippen LogP contribution >= 0.6 is 0 Å². The molecule has 0 amide bonds. The van der Waals surface area contributed by atoms with Crippen molar-refractivity contribution in [3.8, 4) is 0 Å². The van der Waals surface area contributed by atoms with E-state index in [-0.39, 0.29) is 0 Å². The lowest BCUT2D eigenvalue weighted by Crippen LogP contribution is -1.90. The predicted octanol–water partition coefficient (Wildman–Crippen LogP) is 5.06. The van der Waals surface area contributed by atoms with E-state index >= 15 is 0 Å². The average Bonchev–Trinajstić information content (AvgIpc) is 2.46. The Labute approximate surface area is 109 Å². The van der Waals surface area contributed by atoms with Crippen LogP contribution in [0.4, 0.5) is 0 Å². The van der Waals surface area contributed by atoms with Crippen molar-refractivity contribution >= 4 is 5.57 Å². The van der Waals surface area contributed by atoms with Crippen molar-refractivity contribution in [3.63, 3.8) is 0 Å². The largest absolute Gasteiger partial charge is 0.0985 e. The highest BCUT2D eigenvalue weighted by Crippen LogP contribution is 2.23. The SMILES string of the molecule is C=C/C(=C\C(C)c1ccccc1)c1ccccc1. The van der Waals surface area contributed by atoms with Crippen LogP contribution in [-0.4, -0.2) is 0 Å². The Kier molecular flexibility index (Phi) is 4.14. The molecule has 0 spiro atoms. The second kappa shape index (κ2) is 6.02. The van der Waals surface area contributed by atoms with E-state index in [0.29, 0.717) is 5.92 Å². The van der Waals surface area contributed by atoms with Crippen molar-refractivity contribution < 1.29 is 0 Å². The standard InChI is InChI=1S/C18H18/c1-3-16(18-12-8-5-9-13-18)14-15(2)17-10-6-4-7-11-17/h3-15H,1H2,2H3/b16-14+. The molecule has 1 atom stereocenters. The molecular weight excluding hydrogens is 216 g/mol. The van der Waals surface area contributed by atoms with Gasteiger partial charge in [0.1, 0.15) is 0 Å². The molecule has 0 aliphatic rings. The van der Waals surface area contributed by atoms with Gasteiger partial charge < -0.3 is 0 Å². The van der Waals surface area contributed by atoms with Gasteiger partial charge in [0.25, 0.3) is 0 Å². The van der Waals surface area contributed by atoms with E-state index in [1.807, 2.05) is 18.2 Å². The van der Waals surface area contributed by atoms with Gasteiger partial charge in [-0.05, 0) is 22.6 Å². The Morgan fingerprint density at radius 1 is 0.944 bits per heavy atom. The molecular formula is C18H18. The fourth-order valence-corrected chi connectivity index (χ4v) is 2.03. The lowest BCUT2D eigenvalue weighted by atomic mass is 9.95. The number of benzene rings is 2. The van der Waals surface area contributed by atoms with Crippen molar-refractivity contribution in [3.05, 3.63) is 90.5 Å². The van der Waals surface area contributed by atoms with Crippen LogP contribution in [-0.2, 0) is 0 Å². The van der Waals surface area contributed by atoms with Crippen molar-refractivity contribution in [2.45, 2.75) is 12.8 Å². The fraction of sp³-hybridized carbons (Fsp3) is 0.111. The molecule has 0 saturated carbocycles. The van der Waals surface area contributed by atoms with Gasteiger partial charge in [-0.1, -0.05) is 86.3 Å². The van der Waals surface area contributed by atoms with Gasteiger partial charge >= 0.3 is 0 Å². The molecule has 0 heteroatoms. The Morgan fingerprint density at radius 3 is 2.06 bits per heavy atom. The van der Waals surface area contributed by atoms with E-state index in [9.17, 15) is 0 Å². The average molecular weight is 234 g/mol. The molecule has 0 saturated heterocycles. The lowest BCUT2D eigenvalue weighted by molar-refractivity contribution is 0.970. The summed E-state index contributed by atoms with van der Waals surface area (Å²) in [6.45, 7) is 6.13. The number of rotatable bonds is 4. The third-order valence-corrected chi connectivity index (χ3v) is 3.08. The molecule has 1 unspecified atom stereocenters.